The van der Waals surface area contributed by atoms with Crippen molar-refractivity contribution < 1.29 is 0 Å². The molecule has 0 aliphatic carbocycles. The number of hydrogen-bond acceptors (Lipinski definition) is 4. The van der Waals surface area contributed by atoms with Crippen molar-refractivity contribution in [2.75, 3.05) is 0 Å². The second-order valence-electron chi connectivity index (χ2n) is 5.12. The Morgan fingerprint density at radius 3 is 2.90 bits per heavy atom. The Balaban J connectivity index is 2.08. The molecule has 3 rings (SSSR count). The first-order valence-electron chi connectivity index (χ1n) is 7.06. The van der Waals surface area contributed by atoms with E-state index in [0.29, 0.717) is 0 Å². The molecule has 5 heteroatoms. The van der Waals surface area contributed by atoms with Gasteiger partial charge in [-0.15, -0.1) is 0 Å². The summed E-state index contributed by atoms with van der Waals surface area (Å²) in [6.07, 6.45) is 4.76. The maximum Gasteiger partial charge on any atom is 0.0758 e. The first kappa shape index (κ1) is 13.7. The number of nitrogens with one attached hydrogen (secondary N) is 1. The molecule has 2 heterocycles. The van der Waals surface area contributed by atoms with Crippen LogP contribution in [-0.2, 0) is 13.5 Å². The number of aryl methyl sites for hydroxylation is 2. The number of fused-ring (bicyclic) bond motifs is 1. The predicted octanol–water partition coefficient (Wildman–Crippen LogP) is 2.08. The first-order valence-corrected chi connectivity index (χ1v) is 7.06. The Morgan fingerprint density at radius 1 is 1.33 bits per heavy atom. The van der Waals surface area contributed by atoms with Crippen LogP contribution in [0, 0.1) is 0 Å². The van der Waals surface area contributed by atoms with Crippen LogP contribution < -0.4 is 11.3 Å². The number of benzene rings is 1. The minimum absolute atomic E-state index is 0.106. The lowest BCUT2D eigenvalue weighted by molar-refractivity contribution is 0.630. The number of hydrogen-bond donors (Lipinski definition) is 2. The van der Waals surface area contributed by atoms with Crippen LogP contribution in [0.2, 0.25) is 0 Å². The molecule has 1 atom stereocenters. The van der Waals surface area contributed by atoms with Crippen molar-refractivity contribution in [3.63, 3.8) is 0 Å². The molecule has 0 saturated heterocycles. The number of nitrogens with zero attached hydrogens (tertiary/aromatic N) is 3. The zero-order chi connectivity index (χ0) is 14.8. The highest BCUT2D eigenvalue weighted by Crippen LogP contribution is 2.26. The van der Waals surface area contributed by atoms with Crippen LogP contribution in [0.5, 0.6) is 0 Å². The normalized spacial score (nSPS) is 12.7. The van der Waals surface area contributed by atoms with Crippen molar-refractivity contribution in [1.29, 1.82) is 0 Å². The summed E-state index contributed by atoms with van der Waals surface area (Å²) in [5.74, 6) is 5.80. The summed E-state index contributed by atoms with van der Waals surface area (Å²) in [4.78, 5) is 4.52. The van der Waals surface area contributed by atoms with Crippen molar-refractivity contribution in [2.24, 2.45) is 12.9 Å². The summed E-state index contributed by atoms with van der Waals surface area (Å²) >= 11 is 0. The van der Waals surface area contributed by atoms with Gasteiger partial charge in [0.05, 0.1) is 17.3 Å². The zero-order valence-corrected chi connectivity index (χ0v) is 12.2. The third-order valence-corrected chi connectivity index (χ3v) is 3.70. The van der Waals surface area contributed by atoms with E-state index >= 15 is 0 Å². The van der Waals surface area contributed by atoms with Gasteiger partial charge in [0.1, 0.15) is 0 Å². The number of para-hydroxylation sites is 1. The van der Waals surface area contributed by atoms with E-state index in [4.69, 9.17) is 5.84 Å². The Morgan fingerprint density at radius 2 is 2.14 bits per heavy atom. The molecule has 0 aliphatic heterocycles. The molecule has 1 aromatic carbocycles. The van der Waals surface area contributed by atoms with Gasteiger partial charge in [0.25, 0.3) is 0 Å². The van der Waals surface area contributed by atoms with Crippen LogP contribution >= 0.6 is 0 Å². The topological polar surface area (TPSA) is 68.8 Å². The smallest absolute Gasteiger partial charge is 0.0758 e. The molecule has 3 aromatic rings. The van der Waals surface area contributed by atoms with Gasteiger partial charge in [-0.3, -0.25) is 15.5 Å². The van der Waals surface area contributed by atoms with Crippen molar-refractivity contribution in [3.05, 3.63) is 59.5 Å². The van der Waals surface area contributed by atoms with Gasteiger partial charge in [0.15, 0.2) is 0 Å². The summed E-state index contributed by atoms with van der Waals surface area (Å²) in [6, 6.07) is 10.1. The molecule has 21 heavy (non-hydrogen) atoms. The highest BCUT2D eigenvalue weighted by Gasteiger charge is 2.19. The Labute approximate surface area is 123 Å². The van der Waals surface area contributed by atoms with E-state index in [1.165, 1.54) is 0 Å². The van der Waals surface area contributed by atoms with Gasteiger partial charge in [-0.05, 0) is 24.1 Å². The van der Waals surface area contributed by atoms with Crippen LogP contribution in [0.25, 0.3) is 10.9 Å². The van der Waals surface area contributed by atoms with Crippen molar-refractivity contribution in [3.8, 4) is 0 Å². The van der Waals surface area contributed by atoms with Gasteiger partial charge < -0.3 is 0 Å². The maximum atomic E-state index is 5.80. The monoisotopic (exact) mass is 281 g/mol. The fourth-order valence-electron chi connectivity index (χ4n) is 2.68. The van der Waals surface area contributed by atoms with Gasteiger partial charge in [0.2, 0.25) is 0 Å². The highest BCUT2D eigenvalue weighted by molar-refractivity contribution is 5.79. The second-order valence-corrected chi connectivity index (χ2v) is 5.12. The Bertz CT molecular complexity index is 762. The molecule has 0 spiro atoms. The van der Waals surface area contributed by atoms with Crippen LogP contribution in [0.4, 0.5) is 0 Å². The van der Waals surface area contributed by atoms with Crippen molar-refractivity contribution in [1.82, 2.24) is 20.2 Å². The largest absolute Gasteiger partial charge is 0.275 e. The summed E-state index contributed by atoms with van der Waals surface area (Å²) in [7, 11) is 1.93. The molecule has 0 aliphatic rings. The van der Waals surface area contributed by atoms with Crippen LogP contribution in [-0.4, -0.2) is 14.8 Å². The average Bonchev–Trinajstić information content (AvgIpc) is 2.89. The number of rotatable bonds is 4. The minimum Gasteiger partial charge on any atom is -0.275 e. The molecule has 2 aromatic heterocycles. The Kier molecular flexibility index (Phi) is 3.68. The van der Waals surface area contributed by atoms with Gasteiger partial charge >= 0.3 is 0 Å². The number of hydrazine groups is 1. The molecular formula is C16H19N5. The third kappa shape index (κ3) is 2.53. The zero-order valence-electron chi connectivity index (χ0n) is 12.2. The van der Waals surface area contributed by atoms with Gasteiger partial charge in [-0.2, -0.15) is 5.10 Å². The lowest BCUT2D eigenvalue weighted by Crippen LogP contribution is -2.29. The van der Waals surface area contributed by atoms with E-state index in [1.807, 2.05) is 42.3 Å². The number of pyridine rings is 1. The predicted molar refractivity (Wildman–Crippen MR) is 83.5 cm³/mol. The van der Waals surface area contributed by atoms with Crippen LogP contribution in [0.1, 0.15) is 29.8 Å². The molecule has 0 radical (unpaired) electrons. The molecular weight excluding hydrogens is 262 g/mol. The van der Waals surface area contributed by atoms with Crippen molar-refractivity contribution >= 4 is 10.9 Å². The van der Waals surface area contributed by atoms with E-state index in [2.05, 4.69) is 34.6 Å². The molecule has 0 bridgehead atoms. The standard InChI is InChI=1S/C16H19N5/c1-3-14-13(10-21(2)20-14)16(19-17)12-8-11-6-4-5-7-15(11)18-9-12/h4-10,16,19H,3,17H2,1-2H3. The minimum atomic E-state index is -0.106. The lowest BCUT2D eigenvalue weighted by Gasteiger charge is -2.16. The number of aromatic nitrogens is 3. The first-order chi connectivity index (χ1) is 10.2. The highest BCUT2D eigenvalue weighted by atomic mass is 15.3. The van der Waals surface area contributed by atoms with Gasteiger partial charge in [-0.1, -0.05) is 25.1 Å². The Hall–Kier alpha value is -2.24. The number of nitrogens with two attached hydrogens (primary N) is 1. The molecule has 1 unspecified atom stereocenters. The molecule has 108 valence electrons. The SMILES string of the molecule is CCc1nn(C)cc1C(NN)c1cnc2ccccc2c1. The molecule has 0 fully saturated rings. The van der Waals surface area contributed by atoms with E-state index < -0.39 is 0 Å². The van der Waals surface area contributed by atoms with E-state index in [9.17, 15) is 0 Å². The lowest BCUT2D eigenvalue weighted by atomic mass is 9.99. The maximum absolute atomic E-state index is 5.80. The summed E-state index contributed by atoms with van der Waals surface area (Å²) in [5, 5.41) is 5.60. The van der Waals surface area contributed by atoms with E-state index in [-0.39, 0.29) is 6.04 Å². The average molecular weight is 281 g/mol. The van der Waals surface area contributed by atoms with Crippen molar-refractivity contribution in [2.45, 2.75) is 19.4 Å². The quantitative estimate of drug-likeness (QED) is 0.567. The van der Waals surface area contributed by atoms with Crippen LogP contribution in [0.15, 0.2) is 42.7 Å². The molecule has 0 saturated carbocycles. The van der Waals surface area contributed by atoms with E-state index in [0.717, 1.165) is 34.1 Å². The molecule has 3 N–H and O–H groups in total. The molecule has 5 nitrogen and oxygen atoms in total. The summed E-state index contributed by atoms with van der Waals surface area (Å²) < 4.78 is 1.83. The fraction of sp³-hybridized carbons (Fsp3) is 0.250. The second kappa shape index (κ2) is 5.63. The summed E-state index contributed by atoms with van der Waals surface area (Å²) in [5.41, 5.74) is 7.07. The van der Waals surface area contributed by atoms with Gasteiger partial charge in [-0.25, -0.2) is 5.43 Å². The fourth-order valence-corrected chi connectivity index (χ4v) is 2.68. The van der Waals surface area contributed by atoms with Gasteiger partial charge in [0, 0.05) is 30.4 Å². The summed E-state index contributed by atoms with van der Waals surface area (Å²) in [6.45, 7) is 2.10. The molecule has 0 amide bonds. The third-order valence-electron chi connectivity index (χ3n) is 3.70. The van der Waals surface area contributed by atoms with E-state index in [1.54, 1.807) is 0 Å². The van der Waals surface area contributed by atoms with Crippen LogP contribution in [0.3, 0.4) is 0 Å².